The topological polar surface area (TPSA) is 29.5 Å². The number of furan rings is 2. The molecule has 2 atom stereocenters. The second kappa shape index (κ2) is 13.2. The fourth-order valence-electron chi connectivity index (χ4n) is 11.9. The molecule has 0 aliphatic heterocycles. The van der Waals surface area contributed by atoms with Crippen LogP contribution >= 0.6 is 0 Å². The van der Waals surface area contributed by atoms with Gasteiger partial charge in [-0.15, -0.1) is 0 Å². The Morgan fingerprint density at radius 2 is 1.30 bits per heavy atom. The summed E-state index contributed by atoms with van der Waals surface area (Å²) in [5.41, 5.74) is 20.4. The van der Waals surface area contributed by atoms with Gasteiger partial charge in [0.25, 0.3) is 0 Å². The lowest BCUT2D eigenvalue weighted by Gasteiger charge is -2.36. The van der Waals surface area contributed by atoms with Gasteiger partial charge in [0.2, 0.25) is 0 Å². The molecule has 2 aromatic heterocycles. The van der Waals surface area contributed by atoms with Crippen molar-refractivity contribution in [3.05, 3.63) is 209 Å². The van der Waals surface area contributed by atoms with Gasteiger partial charge in [-0.2, -0.15) is 0 Å². The Hall–Kier alpha value is -7.10. The van der Waals surface area contributed by atoms with Crippen molar-refractivity contribution < 1.29 is 8.83 Å². The van der Waals surface area contributed by atoms with Gasteiger partial charge in [0, 0.05) is 43.9 Å². The van der Waals surface area contributed by atoms with Crippen LogP contribution in [0.5, 0.6) is 0 Å². The molecule has 0 saturated carbocycles. The van der Waals surface area contributed by atoms with Crippen molar-refractivity contribution in [3.8, 4) is 11.1 Å². The van der Waals surface area contributed by atoms with Crippen LogP contribution in [0.3, 0.4) is 0 Å². The molecule has 0 spiro atoms. The fraction of sp³-hybridized carbons (Fsp3) is 0.167. The number of rotatable bonds is 5. The smallest absolute Gasteiger partial charge is 0.143 e. The molecule has 0 radical (unpaired) electrons. The highest BCUT2D eigenvalue weighted by molar-refractivity contribution is 6.21. The zero-order chi connectivity index (χ0) is 42.2. The average Bonchev–Trinajstić information content (AvgIpc) is 4.01. The Labute approximate surface area is 368 Å². The maximum absolute atomic E-state index is 7.13. The Kier molecular flexibility index (Phi) is 7.66. The summed E-state index contributed by atoms with van der Waals surface area (Å²) in [6.07, 6.45) is 11.6. The molecule has 7 aromatic carbocycles. The lowest BCUT2D eigenvalue weighted by molar-refractivity contribution is 0.418. The summed E-state index contributed by atoms with van der Waals surface area (Å²) in [7, 11) is 0. The van der Waals surface area contributed by atoms with E-state index in [1.807, 2.05) is 0 Å². The second-order valence-corrected chi connectivity index (χ2v) is 19.2. The number of nitrogens with zero attached hydrogens (tertiary/aromatic N) is 1. The predicted octanol–water partition coefficient (Wildman–Crippen LogP) is 16.1. The summed E-state index contributed by atoms with van der Waals surface area (Å²) in [5, 5.41) is 4.41. The zero-order valence-electron chi connectivity index (χ0n) is 36.1. The largest absolute Gasteiger partial charge is 0.456 e. The molecule has 2 unspecified atom stereocenters. The molecule has 0 fully saturated rings. The van der Waals surface area contributed by atoms with E-state index in [4.69, 9.17) is 8.83 Å². The van der Waals surface area contributed by atoms with Crippen molar-refractivity contribution in [1.29, 1.82) is 0 Å². The van der Waals surface area contributed by atoms with Gasteiger partial charge < -0.3 is 13.7 Å². The molecule has 3 heteroatoms. The molecule has 304 valence electrons. The zero-order valence-corrected chi connectivity index (χ0v) is 36.1. The minimum absolute atomic E-state index is 0.00165. The van der Waals surface area contributed by atoms with Crippen molar-refractivity contribution in [2.24, 2.45) is 5.92 Å². The molecular formula is C60H47NO2. The van der Waals surface area contributed by atoms with Crippen LogP contribution in [0.15, 0.2) is 190 Å². The number of benzene rings is 7. The van der Waals surface area contributed by atoms with Gasteiger partial charge in [-0.05, 0) is 122 Å². The number of hydrogen-bond donors (Lipinski definition) is 0. The predicted molar refractivity (Wildman–Crippen MR) is 262 cm³/mol. The van der Waals surface area contributed by atoms with E-state index in [2.05, 4.69) is 209 Å². The Bertz CT molecular complexity index is 3530. The van der Waals surface area contributed by atoms with E-state index >= 15 is 0 Å². The second-order valence-electron chi connectivity index (χ2n) is 19.2. The molecule has 3 nitrogen and oxygen atoms in total. The Morgan fingerprint density at radius 3 is 2.17 bits per heavy atom. The first-order chi connectivity index (χ1) is 30.7. The quantitative estimate of drug-likeness (QED) is 0.173. The van der Waals surface area contributed by atoms with Gasteiger partial charge in [-0.25, -0.2) is 0 Å². The van der Waals surface area contributed by atoms with Crippen molar-refractivity contribution in [3.63, 3.8) is 0 Å². The van der Waals surface area contributed by atoms with E-state index in [1.54, 1.807) is 0 Å². The highest BCUT2D eigenvalue weighted by atomic mass is 16.3. The van der Waals surface area contributed by atoms with Crippen LogP contribution in [0.25, 0.3) is 71.7 Å². The Morgan fingerprint density at radius 1 is 0.571 bits per heavy atom. The molecular weight excluding hydrogens is 767 g/mol. The monoisotopic (exact) mass is 813 g/mol. The number of para-hydroxylation sites is 1. The lowest BCUT2D eigenvalue weighted by Crippen LogP contribution is -2.32. The van der Waals surface area contributed by atoms with Gasteiger partial charge in [0.15, 0.2) is 0 Å². The van der Waals surface area contributed by atoms with Gasteiger partial charge in [0.05, 0.1) is 6.04 Å². The van der Waals surface area contributed by atoms with Crippen molar-refractivity contribution in [2.45, 2.75) is 57.4 Å². The lowest BCUT2D eigenvalue weighted by atomic mass is 9.72. The summed E-state index contributed by atoms with van der Waals surface area (Å²) < 4.78 is 13.9. The first kappa shape index (κ1) is 36.5. The third-order valence-corrected chi connectivity index (χ3v) is 15.1. The van der Waals surface area contributed by atoms with Gasteiger partial charge >= 0.3 is 0 Å². The normalized spacial score (nSPS) is 19.3. The number of fused-ring (bicyclic) bond motifs is 12. The van der Waals surface area contributed by atoms with Crippen LogP contribution in [0, 0.1) is 5.92 Å². The highest BCUT2D eigenvalue weighted by Crippen LogP contribution is 2.57. The third kappa shape index (κ3) is 5.26. The van der Waals surface area contributed by atoms with Crippen molar-refractivity contribution >= 4 is 72.0 Å². The summed E-state index contributed by atoms with van der Waals surface area (Å²) in [6, 6.07) is 55.3. The summed E-state index contributed by atoms with van der Waals surface area (Å²) in [4.78, 5) is 2.56. The Balaban J connectivity index is 1.01. The van der Waals surface area contributed by atoms with Crippen molar-refractivity contribution in [2.75, 3.05) is 4.90 Å². The molecule has 0 N–H and O–H groups in total. The van der Waals surface area contributed by atoms with Crippen LogP contribution in [-0.2, 0) is 10.8 Å². The van der Waals surface area contributed by atoms with Crippen LogP contribution in [0.4, 0.5) is 11.4 Å². The third-order valence-electron chi connectivity index (χ3n) is 15.1. The first-order valence-corrected chi connectivity index (χ1v) is 22.5. The molecule has 0 amide bonds. The molecule has 63 heavy (non-hydrogen) atoms. The number of hydrogen-bond acceptors (Lipinski definition) is 3. The molecule has 0 bridgehead atoms. The molecule has 13 rings (SSSR count). The van der Waals surface area contributed by atoms with Crippen molar-refractivity contribution in [1.82, 2.24) is 0 Å². The van der Waals surface area contributed by atoms with E-state index in [1.165, 1.54) is 55.7 Å². The molecule has 9 aromatic rings. The van der Waals surface area contributed by atoms with E-state index in [0.29, 0.717) is 5.92 Å². The SMILES string of the molecule is CC1(C)C2=CC(N(c3cccc(-c4ccccc4)c3)c3ccc4oc5c(C6=CC=C7c8ccccc8C(C)(C)C7C6)c6c(cc5c4c3)oc3ccccc36)CC=C2c2ccccc21. The van der Waals surface area contributed by atoms with Crippen LogP contribution in [0.1, 0.15) is 68.4 Å². The highest BCUT2D eigenvalue weighted by Gasteiger charge is 2.44. The fourth-order valence-corrected chi connectivity index (χ4v) is 11.9. The number of anilines is 2. The average molecular weight is 814 g/mol. The maximum atomic E-state index is 7.13. The first-order valence-electron chi connectivity index (χ1n) is 22.5. The summed E-state index contributed by atoms with van der Waals surface area (Å²) in [5.74, 6) is 0.353. The van der Waals surface area contributed by atoms with Gasteiger partial charge in [-0.1, -0.05) is 161 Å². The van der Waals surface area contributed by atoms with Crippen LogP contribution in [-0.4, -0.2) is 6.04 Å². The number of allylic oxidation sites excluding steroid dienone is 6. The van der Waals surface area contributed by atoms with Gasteiger partial charge in [-0.3, -0.25) is 0 Å². The standard InChI is InChI=1S/C60H47NO2/c1-59(2)49-22-11-8-19-42(49)44-28-25-38(32-51(44)59)56-57-46-21-10-13-24-53(46)62-55(57)35-48-47-33-40(27-30-54(47)63-58(48)56)61(39-18-14-17-37(31-39)36-15-6-5-7-16-36)41-26-29-45-43-20-9-12-23-50(43)60(3,4)52(45)34-41/h5-25,27-31,33-35,41,51H,26,32H2,1-4H3. The van der Waals surface area contributed by atoms with E-state index in [0.717, 1.165) is 73.7 Å². The van der Waals surface area contributed by atoms with E-state index in [-0.39, 0.29) is 16.9 Å². The molecule has 0 saturated heterocycles. The molecule has 4 aliphatic carbocycles. The van der Waals surface area contributed by atoms with E-state index < -0.39 is 0 Å². The van der Waals surface area contributed by atoms with Crippen LogP contribution in [0.2, 0.25) is 0 Å². The summed E-state index contributed by atoms with van der Waals surface area (Å²) >= 11 is 0. The molecule has 2 heterocycles. The van der Waals surface area contributed by atoms with E-state index in [9.17, 15) is 0 Å². The minimum atomic E-state index is -0.0992. The molecule has 4 aliphatic rings. The van der Waals surface area contributed by atoms with Gasteiger partial charge in [0.1, 0.15) is 22.3 Å². The maximum Gasteiger partial charge on any atom is 0.143 e. The minimum Gasteiger partial charge on any atom is -0.456 e. The van der Waals surface area contributed by atoms with Crippen LogP contribution < -0.4 is 4.90 Å². The summed E-state index contributed by atoms with van der Waals surface area (Å²) in [6.45, 7) is 9.59.